The second kappa shape index (κ2) is 8.22. The maximum absolute atomic E-state index is 13.5. The van der Waals surface area contributed by atoms with Gasteiger partial charge in [-0.25, -0.2) is 14.4 Å². The van der Waals surface area contributed by atoms with Gasteiger partial charge in [0.2, 0.25) is 18.6 Å². The van der Waals surface area contributed by atoms with Gasteiger partial charge in [-0.2, -0.15) is 0 Å². The molecular weight excluding hydrogens is 399 g/mol. The molecule has 0 radical (unpaired) electrons. The highest BCUT2D eigenvalue weighted by atomic mass is 19.1. The van der Waals surface area contributed by atoms with E-state index in [1.54, 1.807) is 36.7 Å². The Bertz CT molecular complexity index is 1110. The smallest absolute Gasteiger partial charge is 0.231 e. The van der Waals surface area contributed by atoms with Crippen molar-refractivity contribution in [2.75, 3.05) is 30.1 Å². The van der Waals surface area contributed by atoms with Gasteiger partial charge in [-0.3, -0.25) is 4.79 Å². The van der Waals surface area contributed by atoms with Crippen LogP contribution in [0.5, 0.6) is 11.5 Å². The first-order valence-electron chi connectivity index (χ1n) is 10.2. The first-order valence-corrected chi connectivity index (χ1v) is 10.2. The van der Waals surface area contributed by atoms with Gasteiger partial charge in [0.25, 0.3) is 0 Å². The summed E-state index contributed by atoms with van der Waals surface area (Å²) in [6.45, 7) is 1.52. The van der Waals surface area contributed by atoms with Gasteiger partial charge in [0, 0.05) is 42.8 Å². The van der Waals surface area contributed by atoms with Crippen molar-refractivity contribution in [3.63, 3.8) is 0 Å². The SMILES string of the molecule is O=C(Nc1ccc2c(c1)OCO2)[C@H]1CCCN(c2ncc(-c3cccc(F)c3)cn2)C1. The normalized spacial score (nSPS) is 17.5. The Morgan fingerprint density at radius 2 is 1.90 bits per heavy atom. The Balaban J connectivity index is 1.25. The summed E-state index contributed by atoms with van der Waals surface area (Å²) in [5, 5.41) is 2.97. The number of hydrogen-bond acceptors (Lipinski definition) is 6. The van der Waals surface area contributed by atoms with Crippen LogP contribution < -0.4 is 19.7 Å². The lowest BCUT2D eigenvalue weighted by Crippen LogP contribution is -2.41. The molecule has 1 fully saturated rings. The van der Waals surface area contributed by atoms with Crippen LogP contribution in [0.2, 0.25) is 0 Å². The summed E-state index contributed by atoms with van der Waals surface area (Å²) >= 11 is 0. The molecule has 0 spiro atoms. The number of hydrogen-bond donors (Lipinski definition) is 1. The van der Waals surface area contributed by atoms with Crippen molar-refractivity contribution in [2.24, 2.45) is 5.92 Å². The highest BCUT2D eigenvalue weighted by Crippen LogP contribution is 2.34. The third-order valence-electron chi connectivity index (χ3n) is 5.51. The number of carbonyl (C=O) groups is 1. The van der Waals surface area contributed by atoms with Gasteiger partial charge in [0.1, 0.15) is 5.82 Å². The standard InChI is InChI=1S/C23H21FN4O3/c24-18-5-1-3-15(9-18)17-11-25-23(26-12-17)28-8-2-4-16(13-28)22(29)27-19-6-7-20-21(10-19)31-14-30-20/h1,3,5-7,9-12,16H,2,4,8,13-14H2,(H,27,29)/t16-/m0/s1. The van der Waals surface area contributed by atoms with Crippen LogP contribution in [0, 0.1) is 11.7 Å². The van der Waals surface area contributed by atoms with E-state index in [4.69, 9.17) is 9.47 Å². The van der Waals surface area contributed by atoms with Gasteiger partial charge < -0.3 is 19.7 Å². The maximum Gasteiger partial charge on any atom is 0.231 e. The molecule has 1 atom stereocenters. The second-order valence-corrected chi connectivity index (χ2v) is 7.62. The van der Waals surface area contributed by atoms with Crippen LogP contribution in [0.4, 0.5) is 16.0 Å². The number of benzene rings is 2. The highest BCUT2D eigenvalue weighted by Gasteiger charge is 2.27. The molecular formula is C23H21FN4O3. The van der Waals surface area contributed by atoms with E-state index in [1.165, 1.54) is 12.1 Å². The number of nitrogens with one attached hydrogen (secondary N) is 1. The van der Waals surface area contributed by atoms with Crippen LogP contribution in [0.3, 0.4) is 0 Å². The van der Waals surface area contributed by atoms with Crippen LogP contribution in [0.1, 0.15) is 12.8 Å². The van der Waals surface area contributed by atoms with E-state index in [0.29, 0.717) is 29.7 Å². The zero-order chi connectivity index (χ0) is 21.2. The summed E-state index contributed by atoms with van der Waals surface area (Å²) in [5.74, 6) is 1.37. The zero-order valence-electron chi connectivity index (χ0n) is 16.8. The molecule has 3 heterocycles. The fourth-order valence-corrected chi connectivity index (χ4v) is 3.89. The minimum atomic E-state index is -0.297. The molecule has 0 unspecified atom stereocenters. The number of nitrogens with zero attached hydrogens (tertiary/aromatic N) is 3. The maximum atomic E-state index is 13.5. The number of ether oxygens (including phenoxy) is 2. The van der Waals surface area contributed by atoms with Crippen molar-refractivity contribution in [2.45, 2.75) is 12.8 Å². The molecule has 0 bridgehead atoms. The Morgan fingerprint density at radius 3 is 2.74 bits per heavy atom. The van der Waals surface area contributed by atoms with E-state index in [2.05, 4.69) is 15.3 Å². The molecule has 0 aliphatic carbocycles. The molecule has 2 aliphatic rings. The summed E-state index contributed by atoms with van der Waals surface area (Å²) in [7, 11) is 0. The van der Waals surface area contributed by atoms with Gasteiger partial charge in [-0.1, -0.05) is 12.1 Å². The highest BCUT2D eigenvalue weighted by molar-refractivity contribution is 5.93. The van der Waals surface area contributed by atoms with Crippen molar-refractivity contribution in [1.29, 1.82) is 0 Å². The van der Waals surface area contributed by atoms with Gasteiger partial charge in [-0.05, 0) is 42.7 Å². The monoisotopic (exact) mass is 420 g/mol. The minimum Gasteiger partial charge on any atom is -0.454 e. The van der Waals surface area contributed by atoms with Crippen molar-refractivity contribution in [3.05, 3.63) is 60.7 Å². The molecule has 1 amide bonds. The van der Waals surface area contributed by atoms with Crippen LogP contribution in [0.25, 0.3) is 11.1 Å². The van der Waals surface area contributed by atoms with E-state index in [9.17, 15) is 9.18 Å². The molecule has 31 heavy (non-hydrogen) atoms. The largest absolute Gasteiger partial charge is 0.454 e. The molecule has 0 saturated carbocycles. The lowest BCUT2D eigenvalue weighted by atomic mass is 9.97. The Morgan fingerprint density at radius 1 is 1.06 bits per heavy atom. The molecule has 5 rings (SSSR count). The van der Waals surface area contributed by atoms with Gasteiger partial charge >= 0.3 is 0 Å². The van der Waals surface area contributed by atoms with E-state index >= 15 is 0 Å². The molecule has 1 saturated heterocycles. The average molecular weight is 420 g/mol. The Labute approximate surface area is 178 Å². The number of piperidine rings is 1. The van der Waals surface area contributed by atoms with E-state index in [1.807, 2.05) is 11.0 Å². The fraction of sp³-hybridized carbons (Fsp3) is 0.261. The van der Waals surface area contributed by atoms with Crippen molar-refractivity contribution >= 4 is 17.5 Å². The molecule has 2 aliphatic heterocycles. The van der Waals surface area contributed by atoms with Crippen LogP contribution in [0.15, 0.2) is 54.9 Å². The van der Waals surface area contributed by atoms with E-state index in [-0.39, 0.29) is 24.4 Å². The molecule has 3 aromatic rings. The van der Waals surface area contributed by atoms with Crippen LogP contribution in [-0.4, -0.2) is 35.8 Å². The summed E-state index contributed by atoms with van der Waals surface area (Å²) in [4.78, 5) is 23.8. The third kappa shape index (κ3) is 4.14. The molecule has 158 valence electrons. The second-order valence-electron chi connectivity index (χ2n) is 7.62. The number of fused-ring (bicyclic) bond motifs is 1. The molecule has 1 N–H and O–H groups in total. The van der Waals surface area contributed by atoms with Crippen LogP contribution >= 0.6 is 0 Å². The number of carbonyl (C=O) groups excluding carboxylic acids is 1. The van der Waals surface area contributed by atoms with Crippen molar-refractivity contribution in [3.8, 4) is 22.6 Å². The fourth-order valence-electron chi connectivity index (χ4n) is 3.89. The number of anilines is 2. The third-order valence-corrected chi connectivity index (χ3v) is 5.51. The quantitative estimate of drug-likeness (QED) is 0.691. The van der Waals surface area contributed by atoms with E-state index in [0.717, 1.165) is 30.5 Å². The summed E-state index contributed by atoms with van der Waals surface area (Å²) in [5.41, 5.74) is 2.16. The first-order chi connectivity index (χ1) is 15.2. The molecule has 7 nitrogen and oxygen atoms in total. The zero-order valence-corrected chi connectivity index (χ0v) is 16.8. The topological polar surface area (TPSA) is 76.6 Å². The summed E-state index contributed by atoms with van der Waals surface area (Å²) in [6, 6.07) is 11.7. The number of aromatic nitrogens is 2. The number of rotatable bonds is 4. The van der Waals surface area contributed by atoms with Crippen LogP contribution in [-0.2, 0) is 4.79 Å². The molecule has 8 heteroatoms. The van der Waals surface area contributed by atoms with Gasteiger partial charge in [0.15, 0.2) is 11.5 Å². The predicted octanol–water partition coefficient (Wildman–Crippen LogP) is 3.87. The number of halogens is 1. The van der Waals surface area contributed by atoms with Crippen molar-refractivity contribution in [1.82, 2.24) is 9.97 Å². The molecule has 1 aromatic heterocycles. The Kier molecular flexibility index (Phi) is 5.11. The minimum absolute atomic E-state index is 0.0417. The first kappa shape index (κ1) is 19.3. The summed E-state index contributed by atoms with van der Waals surface area (Å²) in [6.07, 6.45) is 5.04. The lowest BCUT2D eigenvalue weighted by molar-refractivity contribution is -0.120. The lowest BCUT2D eigenvalue weighted by Gasteiger charge is -2.32. The van der Waals surface area contributed by atoms with E-state index < -0.39 is 0 Å². The van der Waals surface area contributed by atoms with Gasteiger partial charge in [-0.15, -0.1) is 0 Å². The predicted molar refractivity (Wildman–Crippen MR) is 114 cm³/mol. The van der Waals surface area contributed by atoms with Gasteiger partial charge in [0.05, 0.1) is 5.92 Å². The molecule has 2 aromatic carbocycles. The van der Waals surface area contributed by atoms with Crippen molar-refractivity contribution < 1.29 is 18.7 Å². The number of amides is 1. The summed E-state index contributed by atoms with van der Waals surface area (Å²) < 4.78 is 24.1. The average Bonchev–Trinajstić information content (AvgIpc) is 3.27. The Hall–Kier alpha value is -3.68.